The number of cyclic esters (lactones) is 1. The van der Waals surface area contributed by atoms with Crippen LogP contribution >= 0.6 is 0 Å². The maximum Gasteiger partial charge on any atom is 0.416 e. The topological polar surface area (TPSA) is 46.6 Å². The Hall–Kier alpha value is -2.88. The SMILES string of the molecule is CCCCC/C=C\C/C=C\C/C=C\C/C=C\CCCC(=O)N1C(=O)OC[C@H]1Cc1ccccc1. The van der Waals surface area contributed by atoms with Crippen LogP contribution in [0.15, 0.2) is 78.9 Å². The minimum Gasteiger partial charge on any atom is -0.447 e. The van der Waals surface area contributed by atoms with Crippen LogP contribution in [0.2, 0.25) is 0 Å². The predicted octanol–water partition coefficient (Wildman–Crippen LogP) is 7.72. The molecule has 184 valence electrons. The second kappa shape index (κ2) is 17.6. The molecule has 34 heavy (non-hydrogen) atoms. The van der Waals surface area contributed by atoms with Gasteiger partial charge in [-0.1, -0.05) is 98.7 Å². The van der Waals surface area contributed by atoms with E-state index in [2.05, 4.69) is 55.5 Å². The molecule has 0 aliphatic carbocycles. The summed E-state index contributed by atoms with van der Waals surface area (Å²) in [5.74, 6) is -0.140. The van der Waals surface area contributed by atoms with Gasteiger partial charge in [0.2, 0.25) is 5.91 Å². The zero-order chi connectivity index (χ0) is 24.3. The van der Waals surface area contributed by atoms with Crippen molar-refractivity contribution in [2.45, 2.75) is 83.6 Å². The highest BCUT2D eigenvalue weighted by atomic mass is 16.6. The third-order valence-electron chi connectivity index (χ3n) is 5.76. The Morgan fingerprint density at radius 3 is 2.09 bits per heavy atom. The van der Waals surface area contributed by atoms with Crippen molar-refractivity contribution >= 4 is 12.0 Å². The number of carbonyl (C=O) groups excluding carboxylic acids is 2. The van der Waals surface area contributed by atoms with Crippen molar-refractivity contribution in [1.82, 2.24) is 4.90 Å². The van der Waals surface area contributed by atoms with Gasteiger partial charge in [0.1, 0.15) is 6.61 Å². The smallest absolute Gasteiger partial charge is 0.416 e. The molecule has 4 nitrogen and oxygen atoms in total. The average Bonchev–Trinajstić information content (AvgIpc) is 3.21. The Kier molecular flexibility index (Phi) is 14.1. The molecule has 2 amide bonds. The van der Waals surface area contributed by atoms with Crippen LogP contribution in [-0.4, -0.2) is 29.5 Å². The minimum absolute atomic E-state index is 0.140. The van der Waals surface area contributed by atoms with E-state index in [-0.39, 0.29) is 18.6 Å². The summed E-state index contributed by atoms with van der Waals surface area (Å²) in [6.07, 6.45) is 27.6. The number of allylic oxidation sites excluding steroid dienone is 8. The van der Waals surface area contributed by atoms with Gasteiger partial charge in [0.05, 0.1) is 6.04 Å². The van der Waals surface area contributed by atoms with Crippen molar-refractivity contribution in [3.05, 3.63) is 84.5 Å². The van der Waals surface area contributed by atoms with E-state index in [1.54, 1.807) is 0 Å². The van der Waals surface area contributed by atoms with Crippen molar-refractivity contribution in [3.8, 4) is 0 Å². The number of unbranched alkanes of at least 4 members (excludes halogenated alkanes) is 4. The Bertz CT molecular complexity index is 823. The Balaban J connectivity index is 1.55. The molecule has 1 aromatic rings. The fourth-order valence-electron chi connectivity index (χ4n) is 3.85. The van der Waals surface area contributed by atoms with E-state index in [4.69, 9.17) is 4.74 Å². The number of nitrogens with zero attached hydrogens (tertiary/aromatic N) is 1. The first-order chi connectivity index (χ1) is 16.7. The number of hydrogen-bond donors (Lipinski definition) is 0. The number of rotatable bonds is 16. The zero-order valence-electron chi connectivity index (χ0n) is 20.7. The number of amides is 2. The van der Waals surface area contributed by atoms with E-state index < -0.39 is 6.09 Å². The number of imide groups is 1. The maximum atomic E-state index is 12.6. The van der Waals surface area contributed by atoms with Crippen LogP contribution in [0, 0.1) is 0 Å². The van der Waals surface area contributed by atoms with Crippen molar-refractivity contribution in [1.29, 1.82) is 0 Å². The summed E-state index contributed by atoms with van der Waals surface area (Å²) in [6, 6.07) is 9.69. The lowest BCUT2D eigenvalue weighted by molar-refractivity contribution is -0.129. The van der Waals surface area contributed by atoms with Gasteiger partial charge >= 0.3 is 6.09 Å². The van der Waals surface area contributed by atoms with Gasteiger partial charge in [0, 0.05) is 6.42 Å². The Morgan fingerprint density at radius 1 is 0.882 bits per heavy atom. The monoisotopic (exact) mass is 463 g/mol. The van der Waals surface area contributed by atoms with Gasteiger partial charge < -0.3 is 4.74 Å². The lowest BCUT2D eigenvalue weighted by Crippen LogP contribution is -2.40. The molecular formula is C30H41NO3. The van der Waals surface area contributed by atoms with Crippen LogP contribution < -0.4 is 0 Å². The molecule has 2 rings (SSSR count). The molecule has 1 heterocycles. The fraction of sp³-hybridized carbons (Fsp3) is 0.467. The molecule has 0 saturated carbocycles. The highest BCUT2D eigenvalue weighted by Crippen LogP contribution is 2.19. The van der Waals surface area contributed by atoms with Crippen molar-refractivity contribution in [2.24, 2.45) is 0 Å². The highest BCUT2D eigenvalue weighted by molar-refractivity contribution is 5.93. The number of benzene rings is 1. The third kappa shape index (κ3) is 11.3. The van der Waals surface area contributed by atoms with E-state index in [0.29, 0.717) is 12.8 Å². The minimum atomic E-state index is -0.511. The zero-order valence-corrected chi connectivity index (χ0v) is 20.7. The van der Waals surface area contributed by atoms with E-state index >= 15 is 0 Å². The normalized spacial score (nSPS) is 16.6. The molecule has 0 aromatic heterocycles. The summed E-state index contributed by atoms with van der Waals surface area (Å²) >= 11 is 0. The van der Waals surface area contributed by atoms with Crippen molar-refractivity contribution in [2.75, 3.05) is 6.61 Å². The van der Waals surface area contributed by atoms with Gasteiger partial charge in [0.25, 0.3) is 0 Å². The summed E-state index contributed by atoms with van der Waals surface area (Å²) in [5.41, 5.74) is 1.10. The lowest BCUT2D eigenvalue weighted by atomic mass is 10.1. The predicted molar refractivity (Wildman–Crippen MR) is 141 cm³/mol. The molecule has 0 bridgehead atoms. The van der Waals surface area contributed by atoms with Crippen LogP contribution in [-0.2, 0) is 16.0 Å². The second-order valence-electron chi connectivity index (χ2n) is 8.66. The Morgan fingerprint density at radius 2 is 1.47 bits per heavy atom. The Labute approximate surface area is 206 Å². The van der Waals surface area contributed by atoms with Gasteiger partial charge in [-0.2, -0.15) is 0 Å². The lowest BCUT2D eigenvalue weighted by Gasteiger charge is -2.19. The van der Waals surface area contributed by atoms with Gasteiger partial charge in [-0.15, -0.1) is 0 Å². The van der Waals surface area contributed by atoms with Gasteiger partial charge in [0.15, 0.2) is 0 Å². The molecule has 0 N–H and O–H groups in total. The molecule has 1 saturated heterocycles. The molecule has 0 radical (unpaired) electrons. The van der Waals surface area contributed by atoms with Gasteiger partial charge in [-0.3, -0.25) is 4.79 Å². The second-order valence-corrected chi connectivity index (χ2v) is 8.66. The maximum absolute atomic E-state index is 12.6. The summed E-state index contributed by atoms with van der Waals surface area (Å²) < 4.78 is 5.14. The molecular weight excluding hydrogens is 422 g/mol. The first-order valence-corrected chi connectivity index (χ1v) is 12.8. The van der Waals surface area contributed by atoms with Crippen molar-refractivity contribution in [3.63, 3.8) is 0 Å². The quantitative estimate of drug-likeness (QED) is 0.186. The molecule has 0 spiro atoms. The number of carbonyl (C=O) groups is 2. The van der Waals surface area contributed by atoms with Gasteiger partial charge in [-0.05, 0) is 56.9 Å². The van der Waals surface area contributed by atoms with Gasteiger partial charge in [-0.25, -0.2) is 9.69 Å². The van der Waals surface area contributed by atoms with Crippen LogP contribution in [0.25, 0.3) is 0 Å². The van der Waals surface area contributed by atoms with E-state index in [0.717, 1.165) is 37.7 Å². The van der Waals surface area contributed by atoms with E-state index in [1.165, 1.54) is 30.6 Å². The molecule has 1 aliphatic rings. The molecule has 1 aliphatic heterocycles. The van der Waals surface area contributed by atoms with Crippen LogP contribution in [0.4, 0.5) is 4.79 Å². The molecule has 4 heteroatoms. The summed E-state index contributed by atoms with van der Waals surface area (Å²) in [7, 11) is 0. The van der Waals surface area contributed by atoms with E-state index in [1.807, 2.05) is 30.3 Å². The summed E-state index contributed by atoms with van der Waals surface area (Å²) in [5, 5.41) is 0. The number of ether oxygens (including phenoxy) is 1. The first-order valence-electron chi connectivity index (χ1n) is 12.8. The first kappa shape index (κ1) is 27.4. The molecule has 0 unspecified atom stereocenters. The van der Waals surface area contributed by atoms with Crippen LogP contribution in [0.5, 0.6) is 0 Å². The van der Waals surface area contributed by atoms with Crippen molar-refractivity contribution < 1.29 is 14.3 Å². The van der Waals surface area contributed by atoms with Crippen LogP contribution in [0.1, 0.15) is 76.7 Å². The number of hydrogen-bond acceptors (Lipinski definition) is 3. The largest absolute Gasteiger partial charge is 0.447 e. The summed E-state index contributed by atoms with van der Waals surface area (Å²) in [4.78, 5) is 26.0. The highest BCUT2D eigenvalue weighted by Gasteiger charge is 2.37. The average molecular weight is 464 g/mol. The molecule has 1 atom stereocenters. The summed E-state index contributed by atoms with van der Waals surface area (Å²) in [6.45, 7) is 2.51. The standard InChI is InChI=1S/C30H41NO3/c1-2-3-4-5-6-7-8-9-10-11-12-13-14-15-16-17-21-24-29(32)31-28(26-34-30(31)33)25-27-22-19-18-20-23-27/h6-7,9-10,12-13,15-16,18-20,22-23,28H,2-5,8,11,14,17,21,24-26H2,1H3/b7-6-,10-9-,13-12-,16-15-/t28-/m1/s1. The third-order valence-corrected chi connectivity index (χ3v) is 5.76. The van der Waals surface area contributed by atoms with E-state index in [9.17, 15) is 9.59 Å². The molecule has 1 aromatic carbocycles. The fourth-order valence-corrected chi connectivity index (χ4v) is 3.85. The molecule has 1 fully saturated rings. The van der Waals surface area contributed by atoms with Crippen LogP contribution in [0.3, 0.4) is 0 Å².